The first-order valence-corrected chi connectivity index (χ1v) is 11.7. The highest BCUT2D eigenvalue weighted by Crippen LogP contribution is 2.36. The minimum atomic E-state index is -0.698. The molecule has 178 valence electrons. The summed E-state index contributed by atoms with van der Waals surface area (Å²) in [6.45, 7) is 2.39. The maximum Gasteiger partial charge on any atom is 0.363 e. The Kier molecular flexibility index (Phi) is 7.37. The topological polar surface area (TPSA) is 100 Å². The van der Waals surface area contributed by atoms with Crippen LogP contribution in [0.2, 0.25) is 5.02 Å². The molecule has 3 aromatic rings. The average Bonchev–Trinajstić information content (AvgIpc) is 3.18. The Labute approximate surface area is 219 Å². The molecule has 0 spiro atoms. The van der Waals surface area contributed by atoms with Crippen molar-refractivity contribution in [2.24, 2.45) is 4.99 Å². The maximum absolute atomic E-state index is 12.4. The lowest BCUT2D eigenvalue weighted by atomic mass is 10.1. The molecule has 0 atom stereocenters. The number of aliphatic imine (C=N–C) groups is 1. The number of hydrogen-bond donors (Lipinski definition) is 0. The lowest BCUT2D eigenvalue weighted by Gasteiger charge is -2.14. The number of carbonyl (C=O) groups is 1. The smallest absolute Gasteiger partial charge is 0.363 e. The van der Waals surface area contributed by atoms with Crippen molar-refractivity contribution in [3.05, 3.63) is 101 Å². The van der Waals surface area contributed by atoms with Crippen molar-refractivity contribution < 1.29 is 23.9 Å². The van der Waals surface area contributed by atoms with E-state index in [0.717, 1.165) is 14.7 Å². The van der Waals surface area contributed by atoms with Gasteiger partial charge in [-0.2, -0.15) is 0 Å². The molecule has 0 saturated heterocycles. The number of carbonyl (C=O) groups excluding carboxylic acids is 1. The Hall–Kier alpha value is -3.44. The van der Waals surface area contributed by atoms with Gasteiger partial charge in [-0.15, -0.1) is 0 Å². The first kappa shape index (κ1) is 24.7. The van der Waals surface area contributed by atoms with E-state index in [1.807, 2.05) is 37.3 Å². The predicted octanol–water partition coefficient (Wildman–Crippen LogP) is 6.09. The van der Waals surface area contributed by atoms with Gasteiger partial charge in [-0.25, -0.2) is 9.79 Å². The Morgan fingerprint density at radius 2 is 2.00 bits per heavy atom. The number of methoxy groups -OCH3 is 1. The number of cyclic esters (lactones) is 1. The maximum atomic E-state index is 12.4. The third-order valence-corrected chi connectivity index (χ3v) is 6.16. The molecule has 0 unspecified atom stereocenters. The van der Waals surface area contributed by atoms with Crippen molar-refractivity contribution in [1.29, 1.82) is 0 Å². The Morgan fingerprint density at radius 1 is 1.20 bits per heavy atom. The fraction of sp³-hybridized carbons (Fsp3) is 0.120. The van der Waals surface area contributed by atoms with Crippen LogP contribution >= 0.6 is 34.2 Å². The fourth-order valence-corrected chi connectivity index (χ4v) is 4.37. The van der Waals surface area contributed by atoms with E-state index in [4.69, 9.17) is 25.8 Å². The van der Waals surface area contributed by atoms with E-state index in [2.05, 4.69) is 27.6 Å². The summed E-state index contributed by atoms with van der Waals surface area (Å²) < 4.78 is 17.6. The summed E-state index contributed by atoms with van der Waals surface area (Å²) in [6.07, 6.45) is 1.54. The van der Waals surface area contributed by atoms with Gasteiger partial charge in [0.15, 0.2) is 17.2 Å². The number of ether oxygens (including phenoxy) is 3. The second-order valence-electron chi connectivity index (χ2n) is 7.57. The average molecular weight is 605 g/mol. The molecular weight excluding hydrogens is 587 g/mol. The van der Waals surface area contributed by atoms with E-state index < -0.39 is 10.9 Å². The molecule has 0 bridgehead atoms. The highest BCUT2D eigenvalue weighted by atomic mass is 127. The standard InChI is InChI=1S/C25H18ClIN2O6/c1-14-4-3-5-15(8-14)13-34-23-20(27)9-16(11-22(23)33-2)10-21-25(30)35-24(28-21)18-12-17(29(31)32)6-7-19(18)26/h3-12H,13H2,1-2H3/b21-10-. The van der Waals surface area contributed by atoms with Crippen LogP contribution in [-0.2, 0) is 16.1 Å². The molecule has 0 saturated carbocycles. The molecule has 1 heterocycles. The molecule has 0 amide bonds. The molecule has 0 fully saturated rings. The van der Waals surface area contributed by atoms with Crippen molar-refractivity contribution in [3.8, 4) is 11.5 Å². The number of hydrogen-bond acceptors (Lipinski definition) is 7. The number of rotatable bonds is 7. The highest BCUT2D eigenvalue weighted by molar-refractivity contribution is 14.1. The second kappa shape index (κ2) is 10.4. The molecule has 0 N–H and O–H groups in total. The van der Waals surface area contributed by atoms with E-state index in [0.29, 0.717) is 23.7 Å². The van der Waals surface area contributed by atoms with Crippen molar-refractivity contribution in [1.82, 2.24) is 0 Å². The molecule has 0 aliphatic carbocycles. The minimum absolute atomic E-state index is 0.0221. The number of benzene rings is 3. The van der Waals surface area contributed by atoms with Gasteiger partial charge in [0.25, 0.3) is 5.69 Å². The van der Waals surface area contributed by atoms with Crippen molar-refractivity contribution in [2.75, 3.05) is 7.11 Å². The number of non-ortho nitro benzene ring substituents is 1. The van der Waals surface area contributed by atoms with Crippen molar-refractivity contribution in [2.45, 2.75) is 13.5 Å². The molecular formula is C25H18ClIN2O6. The van der Waals surface area contributed by atoms with E-state index in [1.54, 1.807) is 6.07 Å². The van der Waals surface area contributed by atoms with Crippen LogP contribution in [-0.4, -0.2) is 23.9 Å². The molecule has 8 nitrogen and oxygen atoms in total. The van der Waals surface area contributed by atoms with Crippen LogP contribution in [0.3, 0.4) is 0 Å². The van der Waals surface area contributed by atoms with E-state index in [1.165, 1.54) is 31.4 Å². The number of nitro benzene ring substituents is 1. The lowest BCUT2D eigenvalue weighted by Crippen LogP contribution is -2.06. The largest absolute Gasteiger partial charge is 0.493 e. The van der Waals surface area contributed by atoms with Crippen LogP contribution in [0.1, 0.15) is 22.3 Å². The van der Waals surface area contributed by atoms with Crippen LogP contribution in [0.5, 0.6) is 11.5 Å². The Bertz CT molecular complexity index is 1400. The third-order valence-electron chi connectivity index (χ3n) is 5.03. The van der Waals surface area contributed by atoms with Crippen molar-refractivity contribution in [3.63, 3.8) is 0 Å². The molecule has 4 rings (SSSR count). The monoisotopic (exact) mass is 604 g/mol. The number of nitrogens with zero attached hydrogens (tertiary/aromatic N) is 2. The molecule has 0 radical (unpaired) electrons. The van der Waals surface area contributed by atoms with Crippen LogP contribution in [0.25, 0.3) is 6.08 Å². The van der Waals surface area contributed by atoms with Gasteiger partial charge in [0.05, 0.1) is 26.2 Å². The zero-order chi connectivity index (χ0) is 25.1. The summed E-state index contributed by atoms with van der Waals surface area (Å²) in [5, 5.41) is 11.3. The highest BCUT2D eigenvalue weighted by Gasteiger charge is 2.27. The number of esters is 1. The number of aryl methyl sites for hydroxylation is 1. The summed E-state index contributed by atoms with van der Waals surface area (Å²) in [6, 6.07) is 15.4. The number of nitro groups is 1. The number of halogens is 2. The van der Waals surface area contributed by atoms with Gasteiger partial charge in [-0.3, -0.25) is 10.1 Å². The summed E-state index contributed by atoms with van der Waals surface area (Å²) in [5.41, 5.74) is 2.80. The van der Waals surface area contributed by atoms with Gasteiger partial charge >= 0.3 is 5.97 Å². The second-order valence-corrected chi connectivity index (χ2v) is 9.14. The van der Waals surface area contributed by atoms with E-state index in [9.17, 15) is 14.9 Å². The third kappa shape index (κ3) is 5.63. The zero-order valence-electron chi connectivity index (χ0n) is 18.6. The van der Waals surface area contributed by atoms with Gasteiger partial charge in [0.1, 0.15) is 6.61 Å². The molecule has 1 aliphatic rings. The first-order chi connectivity index (χ1) is 16.7. The molecule has 35 heavy (non-hydrogen) atoms. The summed E-state index contributed by atoms with van der Waals surface area (Å²) in [5.74, 6) is 0.276. The SMILES string of the molecule is COc1cc(/C=C2\N=C(c3cc([N+](=O)[O-])ccc3Cl)OC2=O)cc(I)c1OCc1cccc(C)c1. The molecule has 1 aliphatic heterocycles. The predicted molar refractivity (Wildman–Crippen MR) is 140 cm³/mol. The summed E-state index contributed by atoms with van der Waals surface area (Å²) in [7, 11) is 1.53. The van der Waals surface area contributed by atoms with Gasteiger partial charge in [-0.05, 0) is 64.9 Å². The van der Waals surface area contributed by atoms with Gasteiger partial charge in [0, 0.05) is 12.1 Å². The summed E-state index contributed by atoms with van der Waals surface area (Å²) in [4.78, 5) is 27.2. The molecule has 10 heteroatoms. The quantitative estimate of drug-likeness (QED) is 0.106. The van der Waals surface area contributed by atoms with Crippen LogP contribution < -0.4 is 9.47 Å². The van der Waals surface area contributed by atoms with Gasteiger partial charge in [0.2, 0.25) is 5.90 Å². The van der Waals surface area contributed by atoms with Crippen LogP contribution in [0.15, 0.2) is 65.3 Å². The summed E-state index contributed by atoms with van der Waals surface area (Å²) >= 11 is 8.29. The molecule has 3 aromatic carbocycles. The fourth-order valence-electron chi connectivity index (χ4n) is 3.39. The van der Waals surface area contributed by atoms with Crippen LogP contribution in [0.4, 0.5) is 5.69 Å². The van der Waals surface area contributed by atoms with Crippen LogP contribution in [0, 0.1) is 20.6 Å². The lowest BCUT2D eigenvalue weighted by molar-refractivity contribution is -0.384. The first-order valence-electron chi connectivity index (χ1n) is 10.3. The van der Waals surface area contributed by atoms with Crippen molar-refractivity contribution >= 4 is 57.8 Å². The van der Waals surface area contributed by atoms with Gasteiger partial charge < -0.3 is 14.2 Å². The van der Waals surface area contributed by atoms with E-state index >= 15 is 0 Å². The Balaban J connectivity index is 1.62. The van der Waals surface area contributed by atoms with E-state index in [-0.39, 0.29) is 27.9 Å². The van der Waals surface area contributed by atoms with Gasteiger partial charge in [-0.1, -0.05) is 41.4 Å². The Morgan fingerprint density at radius 3 is 2.71 bits per heavy atom. The normalized spacial score (nSPS) is 14.0. The minimum Gasteiger partial charge on any atom is -0.493 e. The molecule has 0 aromatic heterocycles. The zero-order valence-corrected chi connectivity index (χ0v) is 21.5.